The first-order valence-corrected chi connectivity index (χ1v) is 9.60. The number of nitrogens with zero attached hydrogens (tertiary/aromatic N) is 4. The number of fused-ring (bicyclic) bond motifs is 1. The lowest BCUT2D eigenvalue weighted by Crippen LogP contribution is -2.19. The molecule has 2 aromatic heterocycles. The summed E-state index contributed by atoms with van der Waals surface area (Å²) in [6.45, 7) is 1.20. The Labute approximate surface area is 161 Å². The molecule has 1 fully saturated rings. The molecule has 0 saturated carbocycles. The van der Waals surface area contributed by atoms with Crippen molar-refractivity contribution in [3.8, 4) is 28.4 Å². The molecule has 3 aromatic rings. The molecule has 1 N–H and O–H groups in total. The highest BCUT2D eigenvalue weighted by Crippen LogP contribution is 2.43. The summed E-state index contributed by atoms with van der Waals surface area (Å²) in [5.74, 6) is 0.662. The number of nitrogens with one attached hydrogen (secondary N) is 1. The fraction of sp³-hybridized carbons (Fsp3) is 0.400. The summed E-state index contributed by atoms with van der Waals surface area (Å²) in [6, 6.07) is 6.61. The Bertz CT molecular complexity index is 987. The number of halogens is 1. The smallest absolute Gasteiger partial charge is 0.225 e. The Balaban J connectivity index is 1.76. The van der Waals surface area contributed by atoms with E-state index in [1.54, 1.807) is 12.1 Å². The Morgan fingerprint density at radius 1 is 1.18 bits per heavy atom. The van der Waals surface area contributed by atoms with Crippen molar-refractivity contribution in [1.29, 1.82) is 0 Å². The van der Waals surface area contributed by atoms with E-state index in [1.165, 1.54) is 6.07 Å². The third kappa shape index (κ3) is 3.13. The highest BCUT2D eigenvalue weighted by molar-refractivity contribution is 5.86. The van der Waals surface area contributed by atoms with Crippen LogP contribution in [0, 0.1) is 5.82 Å². The van der Waals surface area contributed by atoms with E-state index in [-0.39, 0.29) is 11.9 Å². The summed E-state index contributed by atoms with van der Waals surface area (Å²) in [7, 11) is 0. The van der Waals surface area contributed by atoms with Crippen LogP contribution >= 0.6 is 0 Å². The lowest BCUT2D eigenvalue weighted by Gasteiger charge is -2.24. The molecule has 144 valence electrons. The van der Waals surface area contributed by atoms with Crippen LogP contribution in [0.25, 0.3) is 22.5 Å². The average molecular weight is 381 g/mol. The van der Waals surface area contributed by atoms with E-state index in [1.807, 2.05) is 6.07 Å². The van der Waals surface area contributed by atoms with Gasteiger partial charge in [0, 0.05) is 17.7 Å². The normalized spacial score (nSPS) is 18.8. The molecule has 1 aromatic carbocycles. The number of rotatable bonds is 4. The Hall–Kier alpha value is -2.87. The van der Waals surface area contributed by atoms with E-state index in [0.717, 1.165) is 54.5 Å². The van der Waals surface area contributed by atoms with Crippen molar-refractivity contribution < 1.29 is 13.9 Å². The number of aromatic amines is 1. The molecule has 1 atom stereocenters. The quantitative estimate of drug-likeness (QED) is 0.747. The number of benzene rings is 1. The van der Waals surface area contributed by atoms with Crippen molar-refractivity contribution in [2.45, 2.75) is 38.2 Å². The van der Waals surface area contributed by atoms with E-state index in [4.69, 9.17) is 14.5 Å². The van der Waals surface area contributed by atoms with Gasteiger partial charge in [0.15, 0.2) is 5.82 Å². The molecule has 7 nitrogen and oxygen atoms in total. The molecule has 0 amide bonds. The van der Waals surface area contributed by atoms with E-state index >= 15 is 0 Å². The lowest BCUT2D eigenvalue weighted by atomic mass is 9.86. The van der Waals surface area contributed by atoms with Crippen LogP contribution < -0.4 is 4.74 Å². The van der Waals surface area contributed by atoms with Crippen molar-refractivity contribution in [3.05, 3.63) is 41.3 Å². The molecule has 0 spiro atoms. The molecule has 1 aliphatic heterocycles. The van der Waals surface area contributed by atoms with Crippen LogP contribution in [0.1, 0.15) is 30.5 Å². The van der Waals surface area contributed by atoms with Crippen molar-refractivity contribution in [3.63, 3.8) is 0 Å². The second-order valence-electron chi connectivity index (χ2n) is 7.16. The van der Waals surface area contributed by atoms with Gasteiger partial charge in [0.2, 0.25) is 5.88 Å². The molecule has 28 heavy (non-hydrogen) atoms. The van der Waals surface area contributed by atoms with Crippen molar-refractivity contribution >= 4 is 0 Å². The molecule has 0 bridgehead atoms. The maximum atomic E-state index is 14.1. The van der Waals surface area contributed by atoms with Gasteiger partial charge in [0.05, 0.1) is 18.8 Å². The topological polar surface area (TPSA) is 85.8 Å². The van der Waals surface area contributed by atoms with Gasteiger partial charge in [-0.15, -0.1) is 5.10 Å². The molecule has 1 saturated heterocycles. The Morgan fingerprint density at radius 2 is 2.11 bits per heavy atom. The minimum Gasteiger partial charge on any atom is -0.471 e. The van der Waals surface area contributed by atoms with E-state index in [9.17, 15) is 4.39 Å². The van der Waals surface area contributed by atoms with Gasteiger partial charge >= 0.3 is 0 Å². The number of aryl methyl sites for hydroxylation is 1. The first-order valence-electron chi connectivity index (χ1n) is 9.60. The maximum Gasteiger partial charge on any atom is 0.225 e. The van der Waals surface area contributed by atoms with Gasteiger partial charge in [0.1, 0.15) is 11.9 Å². The highest BCUT2D eigenvalue weighted by atomic mass is 19.1. The minimum atomic E-state index is -0.285. The molecule has 0 unspecified atom stereocenters. The molecule has 5 rings (SSSR count). The van der Waals surface area contributed by atoms with Gasteiger partial charge in [-0.3, -0.25) is 0 Å². The number of H-pyrrole nitrogens is 1. The number of pyridine rings is 1. The van der Waals surface area contributed by atoms with E-state index in [2.05, 4.69) is 20.6 Å². The predicted molar refractivity (Wildman–Crippen MR) is 99.3 cm³/mol. The predicted octanol–water partition coefficient (Wildman–Crippen LogP) is 3.11. The second kappa shape index (κ2) is 7.27. The first-order chi connectivity index (χ1) is 13.8. The molecule has 8 heteroatoms. The van der Waals surface area contributed by atoms with E-state index < -0.39 is 0 Å². The van der Waals surface area contributed by atoms with Crippen LogP contribution in [0.3, 0.4) is 0 Å². The van der Waals surface area contributed by atoms with Gasteiger partial charge in [0.25, 0.3) is 0 Å². The Morgan fingerprint density at radius 3 is 2.89 bits per heavy atom. The Kier molecular flexibility index (Phi) is 4.48. The minimum absolute atomic E-state index is 0.0656. The van der Waals surface area contributed by atoms with Crippen LogP contribution in [0.5, 0.6) is 5.88 Å². The zero-order chi connectivity index (χ0) is 18.9. The zero-order valence-electron chi connectivity index (χ0n) is 15.3. The van der Waals surface area contributed by atoms with Crippen LogP contribution in [0.4, 0.5) is 4.39 Å². The third-order valence-corrected chi connectivity index (χ3v) is 5.30. The zero-order valence-corrected chi connectivity index (χ0v) is 15.3. The van der Waals surface area contributed by atoms with Gasteiger partial charge in [-0.2, -0.15) is 0 Å². The van der Waals surface area contributed by atoms with Gasteiger partial charge < -0.3 is 9.47 Å². The van der Waals surface area contributed by atoms with Crippen LogP contribution in [0.2, 0.25) is 0 Å². The maximum absolute atomic E-state index is 14.1. The summed E-state index contributed by atoms with van der Waals surface area (Å²) in [5, 5.41) is 14.4. The van der Waals surface area contributed by atoms with E-state index in [0.29, 0.717) is 30.5 Å². The second-order valence-corrected chi connectivity index (χ2v) is 7.16. The third-order valence-electron chi connectivity index (χ3n) is 5.30. The lowest BCUT2D eigenvalue weighted by molar-refractivity contribution is 0.138. The van der Waals surface area contributed by atoms with Gasteiger partial charge in [-0.1, -0.05) is 12.1 Å². The first kappa shape index (κ1) is 17.2. The molecule has 0 radical (unpaired) electrons. The SMILES string of the molecule is Fc1cccc(-c2c3c(nc(O[C@H]4CCOC4)c2-c2nnn[nH]2)CCCC3)c1. The molecular weight excluding hydrogens is 361 g/mol. The van der Waals surface area contributed by atoms with Crippen molar-refractivity contribution in [2.24, 2.45) is 0 Å². The number of hydrogen-bond acceptors (Lipinski definition) is 6. The summed E-state index contributed by atoms with van der Waals surface area (Å²) in [5.41, 5.74) is 4.49. The monoisotopic (exact) mass is 381 g/mol. The van der Waals surface area contributed by atoms with Crippen molar-refractivity contribution in [1.82, 2.24) is 25.6 Å². The average Bonchev–Trinajstić information content (AvgIpc) is 3.41. The van der Waals surface area contributed by atoms with Crippen LogP contribution in [0.15, 0.2) is 24.3 Å². The van der Waals surface area contributed by atoms with Gasteiger partial charge in [-0.05, 0) is 59.4 Å². The fourth-order valence-electron chi connectivity index (χ4n) is 4.01. The van der Waals surface area contributed by atoms with Crippen molar-refractivity contribution in [2.75, 3.05) is 13.2 Å². The number of aromatic nitrogens is 5. The summed E-state index contributed by atoms with van der Waals surface area (Å²) in [4.78, 5) is 4.85. The standard InChI is InChI=1S/C20H20FN5O2/c21-13-5-3-4-12(10-13)17-15-6-1-2-7-16(15)22-20(28-14-8-9-27-11-14)18(17)19-23-25-26-24-19/h3-5,10,14H,1-2,6-9,11H2,(H,23,24,25,26)/t14-/m0/s1. The van der Waals surface area contributed by atoms with Crippen LogP contribution in [-0.4, -0.2) is 44.9 Å². The summed E-state index contributed by atoms with van der Waals surface area (Å²) >= 11 is 0. The largest absolute Gasteiger partial charge is 0.471 e. The number of hydrogen-bond donors (Lipinski definition) is 1. The summed E-state index contributed by atoms with van der Waals surface area (Å²) in [6.07, 6.45) is 4.66. The molecule has 3 heterocycles. The fourth-order valence-corrected chi connectivity index (χ4v) is 4.01. The molecule has 2 aliphatic rings. The molecule has 1 aliphatic carbocycles. The number of tetrazole rings is 1. The molecular formula is C20H20FN5O2. The highest BCUT2D eigenvalue weighted by Gasteiger charge is 2.29. The van der Waals surface area contributed by atoms with Crippen LogP contribution in [-0.2, 0) is 17.6 Å². The summed E-state index contributed by atoms with van der Waals surface area (Å²) < 4.78 is 25.8. The van der Waals surface area contributed by atoms with Gasteiger partial charge in [-0.25, -0.2) is 14.5 Å². The number of ether oxygens (including phenoxy) is 2.